The number of aliphatic carboxylic acids is 1. The summed E-state index contributed by atoms with van der Waals surface area (Å²) in [6, 6.07) is 25.2. The number of carboxylic acid groups (broad SMARTS) is 1. The standard InChI is InChI=1S/C34H43N3O3/c1-6-30(33(39)40)27-10-8-9-26(22-27)25-16-11-24(12-17-25)21-29(37-31(7-2)32(38)35-36-37)20-15-23-13-18-28(19-14-23)34(3,4)5/h8-14,16-19,22,29-31,36H,6-7,15,20-21H2,1-5H3,(H,35,38)(H,39,40). The van der Waals surface area contributed by atoms with E-state index in [0.717, 1.165) is 42.4 Å². The number of hydrogen-bond donors (Lipinski definition) is 3. The molecule has 3 aromatic rings. The normalized spacial score (nSPS) is 17.4. The number of hydrazine groups is 2. The van der Waals surface area contributed by atoms with Crippen molar-refractivity contribution in [2.24, 2.45) is 0 Å². The van der Waals surface area contributed by atoms with Gasteiger partial charge in [-0.05, 0) is 70.9 Å². The molecule has 4 rings (SSSR count). The molecule has 0 saturated carbocycles. The monoisotopic (exact) mass is 541 g/mol. The van der Waals surface area contributed by atoms with Crippen molar-refractivity contribution in [2.45, 2.75) is 90.1 Å². The third kappa shape index (κ3) is 6.98. The number of benzene rings is 3. The number of carboxylic acids is 1. The zero-order valence-electron chi connectivity index (χ0n) is 24.4. The lowest BCUT2D eigenvalue weighted by molar-refractivity contribution is -0.138. The van der Waals surface area contributed by atoms with Crippen molar-refractivity contribution in [2.75, 3.05) is 0 Å². The first-order chi connectivity index (χ1) is 19.1. The summed E-state index contributed by atoms with van der Waals surface area (Å²) in [6.45, 7) is 10.6. The SMILES string of the molecule is CCC(C(=O)O)c1cccc(-c2ccc(CC(CCc3ccc(C(C)(C)C)cc3)N3NNC(=O)C3CC)cc2)c1. The zero-order chi connectivity index (χ0) is 28.9. The van der Waals surface area contributed by atoms with Crippen molar-refractivity contribution < 1.29 is 14.7 Å². The Hall–Kier alpha value is -3.48. The average molecular weight is 542 g/mol. The van der Waals surface area contributed by atoms with Crippen LogP contribution in [0.3, 0.4) is 0 Å². The van der Waals surface area contributed by atoms with E-state index in [1.54, 1.807) is 0 Å². The van der Waals surface area contributed by atoms with Crippen molar-refractivity contribution in [3.05, 3.63) is 95.1 Å². The summed E-state index contributed by atoms with van der Waals surface area (Å²) in [5, 5.41) is 11.7. The van der Waals surface area contributed by atoms with Crippen LogP contribution in [0.1, 0.15) is 82.1 Å². The average Bonchev–Trinajstić information content (AvgIpc) is 3.31. The van der Waals surface area contributed by atoms with E-state index in [2.05, 4.69) is 85.3 Å². The number of carbonyl (C=O) groups excluding carboxylic acids is 1. The lowest BCUT2D eigenvalue weighted by atomic mass is 9.86. The summed E-state index contributed by atoms with van der Waals surface area (Å²) in [5.41, 5.74) is 12.8. The Balaban J connectivity index is 1.51. The van der Waals surface area contributed by atoms with Crippen LogP contribution in [0.4, 0.5) is 0 Å². The van der Waals surface area contributed by atoms with Gasteiger partial charge in [-0.25, -0.2) is 5.01 Å². The number of rotatable bonds is 11. The highest BCUT2D eigenvalue weighted by Crippen LogP contribution is 2.28. The second-order valence-corrected chi connectivity index (χ2v) is 11.9. The van der Waals surface area contributed by atoms with Gasteiger partial charge in [-0.1, -0.05) is 107 Å². The molecule has 6 heteroatoms. The fourth-order valence-corrected chi connectivity index (χ4v) is 5.57. The molecule has 3 N–H and O–H groups in total. The fraction of sp³-hybridized carbons (Fsp3) is 0.412. The summed E-state index contributed by atoms with van der Waals surface area (Å²) < 4.78 is 0. The highest BCUT2D eigenvalue weighted by molar-refractivity contribution is 5.82. The molecule has 0 aromatic heterocycles. The van der Waals surface area contributed by atoms with Crippen LogP contribution in [0, 0.1) is 0 Å². The number of nitrogens with zero attached hydrogens (tertiary/aromatic N) is 1. The lowest BCUT2D eigenvalue weighted by Gasteiger charge is -2.30. The second-order valence-electron chi connectivity index (χ2n) is 11.9. The molecule has 0 spiro atoms. The molecule has 1 aliphatic heterocycles. The molecule has 6 nitrogen and oxygen atoms in total. The second kappa shape index (κ2) is 12.8. The van der Waals surface area contributed by atoms with Crippen molar-refractivity contribution in [1.82, 2.24) is 16.0 Å². The molecule has 3 aromatic carbocycles. The van der Waals surface area contributed by atoms with Crippen LogP contribution >= 0.6 is 0 Å². The number of amides is 1. The van der Waals surface area contributed by atoms with Gasteiger partial charge < -0.3 is 5.11 Å². The minimum Gasteiger partial charge on any atom is -0.481 e. The zero-order valence-corrected chi connectivity index (χ0v) is 24.4. The van der Waals surface area contributed by atoms with Crippen LogP contribution < -0.4 is 11.0 Å². The molecule has 1 saturated heterocycles. The van der Waals surface area contributed by atoms with Gasteiger partial charge in [0.25, 0.3) is 5.91 Å². The smallest absolute Gasteiger partial charge is 0.310 e. The number of carbonyl (C=O) groups is 2. The van der Waals surface area contributed by atoms with Gasteiger partial charge in [-0.15, -0.1) is 0 Å². The van der Waals surface area contributed by atoms with Crippen LogP contribution in [0.15, 0.2) is 72.8 Å². The van der Waals surface area contributed by atoms with Gasteiger partial charge in [0, 0.05) is 6.04 Å². The molecule has 3 unspecified atom stereocenters. The molecule has 1 heterocycles. The van der Waals surface area contributed by atoms with Crippen LogP contribution in [0.2, 0.25) is 0 Å². The summed E-state index contributed by atoms with van der Waals surface area (Å²) in [6.07, 6.45) is 3.92. The van der Waals surface area contributed by atoms with E-state index in [1.165, 1.54) is 16.7 Å². The van der Waals surface area contributed by atoms with Gasteiger partial charge in [0.1, 0.15) is 6.04 Å². The summed E-state index contributed by atoms with van der Waals surface area (Å²) >= 11 is 0. The van der Waals surface area contributed by atoms with E-state index >= 15 is 0 Å². The van der Waals surface area contributed by atoms with E-state index in [9.17, 15) is 14.7 Å². The molecule has 0 radical (unpaired) electrons. The van der Waals surface area contributed by atoms with Crippen molar-refractivity contribution in [3.8, 4) is 11.1 Å². The highest BCUT2D eigenvalue weighted by Gasteiger charge is 2.35. The highest BCUT2D eigenvalue weighted by atomic mass is 16.4. The maximum atomic E-state index is 12.5. The first-order valence-corrected chi connectivity index (χ1v) is 14.5. The maximum Gasteiger partial charge on any atom is 0.310 e. The quantitative estimate of drug-likeness (QED) is 0.262. The van der Waals surface area contributed by atoms with E-state index in [0.29, 0.717) is 6.42 Å². The number of aryl methyl sites for hydroxylation is 1. The van der Waals surface area contributed by atoms with E-state index in [1.807, 2.05) is 38.1 Å². The Morgan fingerprint density at radius 2 is 1.62 bits per heavy atom. The minimum atomic E-state index is -0.792. The molecule has 40 heavy (non-hydrogen) atoms. The maximum absolute atomic E-state index is 12.5. The summed E-state index contributed by atoms with van der Waals surface area (Å²) in [7, 11) is 0. The molecular weight excluding hydrogens is 498 g/mol. The Kier molecular flexibility index (Phi) is 9.44. The predicted octanol–water partition coefficient (Wildman–Crippen LogP) is 6.40. The largest absolute Gasteiger partial charge is 0.481 e. The predicted molar refractivity (Wildman–Crippen MR) is 161 cm³/mol. The van der Waals surface area contributed by atoms with Gasteiger partial charge in [0.15, 0.2) is 0 Å². The van der Waals surface area contributed by atoms with Gasteiger partial charge in [0.05, 0.1) is 5.92 Å². The van der Waals surface area contributed by atoms with Crippen molar-refractivity contribution >= 4 is 11.9 Å². The van der Waals surface area contributed by atoms with E-state index in [-0.39, 0.29) is 23.4 Å². The van der Waals surface area contributed by atoms with Crippen LogP contribution in [-0.2, 0) is 27.8 Å². The van der Waals surface area contributed by atoms with Crippen molar-refractivity contribution in [1.29, 1.82) is 0 Å². The summed E-state index contributed by atoms with van der Waals surface area (Å²) in [5.74, 6) is -1.27. The minimum absolute atomic E-state index is 0.0176. The molecule has 1 aliphatic rings. The Morgan fingerprint density at radius 3 is 2.23 bits per heavy atom. The Morgan fingerprint density at radius 1 is 0.950 bits per heavy atom. The third-order valence-electron chi connectivity index (χ3n) is 8.07. The molecule has 0 aliphatic carbocycles. The topological polar surface area (TPSA) is 81.7 Å². The molecular formula is C34H43N3O3. The lowest BCUT2D eigenvalue weighted by Crippen LogP contribution is -2.48. The third-order valence-corrected chi connectivity index (χ3v) is 8.07. The van der Waals surface area contributed by atoms with Crippen LogP contribution in [0.5, 0.6) is 0 Å². The summed E-state index contributed by atoms with van der Waals surface area (Å²) in [4.78, 5) is 24.1. The van der Waals surface area contributed by atoms with Gasteiger partial charge in [-0.2, -0.15) is 5.53 Å². The van der Waals surface area contributed by atoms with E-state index < -0.39 is 11.9 Å². The van der Waals surface area contributed by atoms with Gasteiger partial charge in [-0.3, -0.25) is 15.0 Å². The van der Waals surface area contributed by atoms with Crippen LogP contribution in [-0.4, -0.2) is 34.1 Å². The number of hydrogen-bond acceptors (Lipinski definition) is 4. The molecule has 212 valence electrons. The van der Waals surface area contributed by atoms with E-state index in [4.69, 9.17) is 0 Å². The van der Waals surface area contributed by atoms with Crippen LogP contribution in [0.25, 0.3) is 11.1 Å². The Labute approximate surface area is 238 Å². The number of nitrogens with one attached hydrogen (secondary N) is 2. The molecule has 3 atom stereocenters. The van der Waals surface area contributed by atoms with Crippen molar-refractivity contribution in [3.63, 3.8) is 0 Å². The van der Waals surface area contributed by atoms with Gasteiger partial charge >= 0.3 is 5.97 Å². The first kappa shape index (κ1) is 29.5. The van der Waals surface area contributed by atoms with Gasteiger partial charge in [0.2, 0.25) is 0 Å². The Bertz CT molecular complexity index is 1300. The molecule has 1 amide bonds. The fourth-order valence-electron chi connectivity index (χ4n) is 5.57. The first-order valence-electron chi connectivity index (χ1n) is 14.5. The molecule has 1 fully saturated rings. The molecule has 0 bridgehead atoms.